The molecule has 2 N–H and O–H groups in total. The molecule has 4 heteroatoms. The maximum Gasteiger partial charge on any atom is 0.0843 e. The first kappa shape index (κ1) is 14.7. The fourth-order valence-corrected chi connectivity index (χ4v) is 3.50. The lowest BCUT2D eigenvalue weighted by molar-refractivity contribution is 0.234. The van der Waals surface area contributed by atoms with E-state index in [-0.39, 0.29) is 6.04 Å². The van der Waals surface area contributed by atoms with Crippen molar-refractivity contribution in [2.45, 2.75) is 40.2 Å². The van der Waals surface area contributed by atoms with Crippen LogP contribution in [0.1, 0.15) is 45.0 Å². The zero-order chi connectivity index (χ0) is 12.5. The topological polar surface area (TPSA) is 26.0 Å². The zero-order valence-corrected chi connectivity index (χ0v) is 14.2. The second-order valence-corrected chi connectivity index (χ2v) is 8.64. The third kappa shape index (κ3) is 3.83. The summed E-state index contributed by atoms with van der Waals surface area (Å²) in [7, 11) is 0. The van der Waals surface area contributed by atoms with Gasteiger partial charge in [-0.1, -0.05) is 27.7 Å². The molecule has 0 spiro atoms. The molecule has 0 aromatic carbocycles. The summed E-state index contributed by atoms with van der Waals surface area (Å²) in [5, 5.41) is 0. The molecule has 2 atom stereocenters. The van der Waals surface area contributed by atoms with Gasteiger partial charge in [0, 0.05) is 15.4 Å². The maximum absolute atomic E-state index is 6.24. The molecule has 1 heterocycles. The van der Waals surface area contributed by atoms with E-state index in [9.17, 15) is 0 Å². The van der Waals surface area contributed by atoms with E-state index in [4.69, 9.17) is 5.73 Å². The Morgan fingerprint density at radius 2 is 1.94 bits per heavy atom. The van der Waals surface area contributed by atoms with Gasteiger partial charge in [0.1, 0.15) is 0 Å². The van der Waals surface area contributed by atoms with Gasteiger partial charge in [-0.05, 0) is 55.7 Å². The number of nitrogens with two attached hydrogens (primary N) is 1. The molecule has 92 valence electrons. The van der Waals surface area contributed by atoms with E-state index in [1.807, 2.05) is 0 Å². The largest absolute Gasteiger partial charge is 0.323 e. The van der Waals surface area contributed by atoms with E-state index < -0.39 is 0 Å². The Morgan fingerprint density at radius 3 is 2.31 bits per heavy atom. The Morgan fingerprint density at radius 1 is 1.38 bits per heavy atom. The molecule has 0 saturated heterocycles. The molecule has 0 fully saturated rings. The predicted molar refractivity (Wildman–Crippen MR) is 79.9 cm³/mol. The summed E-state index contributed by atoms with van der Waals surface area (Å²) in [6.45, 7) is 9.08. The average Bonchev–Trinajstić information content (AvgIpc) is 2.45. The van der Waals surface area contributed by atoms with Crippen LogP contribution in [0.2, 0.25) is 0 Å². The van der Waals surface area contributed by atoms with Crippen molar-refractivity contribution in [1.29, 1.82) is 0 Å². The van der Waals surface area contributed by atoms with Crippen LogP contribution in [0.4, 0.5) is 0 Å². The van der Waals surface area contributed by atoms with Crippen molar-refractivity contribution in [2.24, 2.45) is 17.1 Å². The van der Waals surface area contributed by atoms with Gasteiger partial charge in [-0.15, -0.1) is 11.3 Å². The molecule has 1 aromatic heterocycles. The molecular weight excluding hydrogens is 350 g/mol. The number of halogens is 2. The first-order chi connectivity index (χ1) is 7.21. The van der Waals surface area contributed by atoms with Gasteiger partial charge in [-0.2, -0.15) is 0 Å². The second kappa shape index (κ2) is 5.51. The average molecular weight is 369 g/mol. The number of thiophene rings is 1. The number of rotatable bonds is 3. The summed E-state index contributed by atoms with van der Waals surface area (Å²) in [5.41, 5.74) is 6.57. The van der Waals surface area contributed by atoms with Crippen molar-refractivity contribution in [3.63, 3.8) is 0 Å². The van der Waals surface area contributed by atoms with Crippen LogP contribution in [-0.2, 0) is 0 Å². The minimum Gasteiger partial charge on any atom is -0.323 e. The molecule has 0 aliphatic heterocycles. The van der Waals surface area contributed by atoms with E-state index in [2.05, 4.69) is 65.6 Å². The highest BCUT2D eigenvalue weighted by Gasteiger charge is 2.23. The second-order valence-electron chi connectivity index (χ2n) is 5.38. The van der Waals surface area contributed by atoms with E-state index in [1.165, 1.54) is 4.88 Å². The van der Waals surface area contributed by atoms with Gasteiger partial charge in [-0.3, -0.25) is 0 Å². The van der Waals surface area contributed by atoms with Gasteiger partial charge >= 0.3 is 0 Å². The molecule has 0 saturated carbocycles. The highest BCUT2D eigenvalue weighted by molar-refractivity contribution is 9.13. The molecule has 0 aliphatic carbocycles. The monoisotopic (exact) mass is 367 g/mol. The molecule has 0 radical (unpaired) electrons. The van der Waals surface area contributed by atoms with Gasteiger partial charge < -0.3 is 5.73 Å². The van der Waals surface area contributed by atoms with Crippen molar-refractivity contribution in [3.05, 3.63) is 19.2 Å². The summed E-state index contributed by atoms with van der Waals surface area (Å²) >= 11 is 8.72. The minimum atomic E-state index is 0.141. The predicted octanol–water partition coefficient (Wildman–Crippen LogP) is 5.35. The lowest BCUT2D eigenvalue weighted by Gasteiger charge is -2.29. The quantitative estimate of drug-likeness (QED) is 0.764. The fraction of sp³-hybridized carbons (Fsp3) is 0.667. The van der Waals surface area contributed by atoms with Crippen LogP contribution in [-0.4, -0.2) is 0 Å². The standard InChI is InChI=1S/C12H19Br2NS/c1-7(12(2,3)4)5-9(15)10-6-8(13)11(14)16-10/h6-7,9H,5,15H2,1-4H3. The molecule has 16 heavy (non-hydrogen) atoms. The maximum atomic E-state index is 6.24. The Kier molecular flexibility index (Phi) is 5.05. The highest BCUT2D eigenvalue weighted by Crippen LogP contribution is 2.38. The Bertz CT molecular complexity index is 335. The number of hydrogen-bond acceptors (Lipinski definition) is 2. The van der Waals surface area contributed by atoms with E-state index in [0.29, 0.717) is 11.3 Å². The van der Waals surface area contributed by atoms with Gasteiger partial charge in [0.25, 0.3) is 0 Å². The van der Waals surface area contributed by atoms with Gasteiger partial charge in [0.15, 0.2) is 0 Å². The first-order valence-corrected chi connectivity index (χ1v) is 7.82. The van der Waals surface area contributed by atoms with Gasteiger partial charge in [0.2, 0.25) is 0 Å². The molecule has 0 aliphatic rings. The molecule has 1 nitrogen and oxygen atoms in total. The van der Waals surface area contributed by atoms with Crippen LogP contribution in [0, 0.1) is 11.3 Å². The third-order valence-electron chi connectivity index (χ3n) is 3.12. The molecular formula is C12H19Br2NS. The summed E-state index contributed by atoms with van der Waals surface area (Å²) in [6.07, 6.45) is 1.03. The van der Waals surface area contributed by atoms with Gasteiger partial charge in [0.05, 0.1) is 3.79 Å². The van der Waals surface area contributed by atoms with Crippen LogP contribution >= 0.6 is 43.2 Å². The van der Waals surface area contributed by atoms with Crippen LogP contribution in [0.3, 0.4) is 0 Å². The lowest BCUT2D eigenvalue weighted by Crippen LogP contribution is -2.22. The van der Waals surface area contributed by atoms with Crippen molar-refractivity contribution < 1.29 is 0 Å². The molecule has 0 bridgehead atoms. The Labute approximate surface area is 119 Å². The summed E-state index contributed by atoms with van der Waals surface area (Å²) in [4.78, 5) is 1.25. The Hall–Kier alpha value is 0.620. The fourth-order valence-electron chi connectivity index (χ4n) is 1.40. The van der Waals surface area contributed by atoms with Crippen LogP contribution in [0.5, 0.6) is 0 Å². The molecule has 2 unspecified atom stereocenters. The van der Waals surface area contributed by atoms with Crippen LogP contribution in [0.15, 0.2) is 14.3 Å². The van der Waals surface area contributed by atoms with Crippen molar-refractivity contribution in [1.82, 2.24) is 0 Å². The third-order valence-corrected chi connectivity index (χ3v) is 6.50. The molecule has 0 amide bonds. The normalized spacial score (nSPS) is 16.2. The van der Waals surface area contributed by atoms with Crippen molar-refractivity contribution in [3.8, 4) is 0 Å². The lowest BCUT2D eigenvalue weighted by atomic mass is 9.78. The van der Waals surface area contributed by atoms with E-state index >= 15 is 0 Å². The number of hydrogen-bond donors (Lipinski definition) is 1. The summed E-state index contributed by atoms with van der Waals surface area (Å²) in [6, 6.07) is 2.26. The van der Waals surface area contributed by atoms with Crippen molar-refractivity contribution >= 4 is 43.2 Å². The van der Waals surface area contributed by atoms with Gasteiger partial charge in [-0.25, -0.2) is 0 Å². The minimum absolute atomic E-state index is 0.141. The zero-order valence-electron chi connectivity index (χ0n) is 10.2. The van der Waals surface area contributed by atoms with Crippen LogP contribution < -0.4 is 5.73 Å². The molecule has 1 aromatic rings. The van der Waals surface area contributed by atoms with Crippen LogP contribution in [0.25, 0.3) is 0 Å². The summed E-state index contributed by atoms with van der Waals surface area (Å²) < 4.78 is 2.23. The van der Waals surface area contributed by atoms with Crippen molar-refractivity contribution in [2.75, 3.05) is 0 Å². The summed E-state index contributed by atoms with van der Waals surface area (Å²) in [5.74, 6) is 0.613. The van der Waals surface area contributed by atoms with E-state index in [1.54, 1.807) is 11.3 Å². The Balaban J connectivity index is 2.69. The highest BCUT2D eigenvalue weighted by atomic mass is 79.9. The SMILES string of the molecule is CC(CC(N)c1cc(Br)c(Br)s1)C(C)(C)C. The first-order valence-electron chi connectivity index (χ1n) is 5.42. The van der Waals surface area contributed by atoms with E-state index in [0.717, 1.165) is 14.7 Å². The molecule has 1 rings (SSSR count). The smallest absolute Gasteiger partial charge is 0.0843 e.